The molecule has 0 aliphatic carbocycles. The second kappa shape index (κ2) is 12.8. The van der Waals surface area contributed by atoms with E-state index in [-0.39, 0.29) is 18.0 Å². The fourth-order valence-electron chi connectivity index (χ4n) is 4.41. The highest BCUT2D eigenvalue weighted by molar-refractivity contribution is 7.98. The van der Waals surface area contributed by atoms with Crippen molar-refractivity contribution in [1.29, 1.82) is 0 Å². The van der Waals surface area contributed by atoms with Crippen molar-refractivity contribution in [3.63, 3.8) is 0 Å². The van der Waals surface area contributed by atoms with E-state index in [0.29, 0.717) is 31.7 Å². The Morgan fingerprint density at radius 1 is 1.05 bits per heavy atom. The number of hydrogen-bond acceptors (Lipinski definition) is 5. The lowest BCUT2D eigenvalue weighted by molar-refractivity contribution is -0.458. The van der Waals surface area contributed by atoms with Crippen molar-refractivity contribution >= 4 is 23.6 Å². The summed E-state index contributed by atoms with van der Waals surface area (Å²) in [6.07, 6.45) is -0.693. The number of aryl methyl sites for hydroxylation is 1. The van der Waals surface area contributed by atoms with Crippen molar-refractivity contribution in [2.24, 2.45) is 0 Å². The van der Waals surface area contributed by atoms with Crippen molar-refractivity contribution in [3.05, 3.63) is 95.3 Å². The predicted octanol–water partition coefficient (Wildman–Crippen LogP) is 7.27. The zero-order valence-corrected chi connectivity index (χ0v) is 24.3. The van der Waals surface area contributed by atoms with E-state index in [9.17, 15) is 9.18 Å². The average Bonchev–Trinajstić information content (AvgIpc) is 2.89. The zero-order chi connectivity index (χ0) is 28.0. The van der Waals surface area contributed by atoms with Crippen LogP contribution >= 0.6 is 11.8 Å². The Morgan fingerprint density at radius 2 is 1.77 bits per heavy atom. The van der Waals surface area contributed by atoms with Crippen LogP contribution in [0.25, 0.3) is 0 Å². The molecule has 1 heterocycles. The molecule has 1 unspecified atom stereocenters. The summed E-state index contributed by atoms with van der Waals surface area (Å²) in [6.45, 7) is 11.7. The number of amides is 1. The SMILES string of the molecule is CC1=[N+](C(=O)OC(C)(C)C)CCN(CC(Oc2ccc(SCc3ccccc3)cc2)c2ccc(C)c(F)c2)C1. The summed E-state index contributed by atoms with van der Waals surface area (Å²) in [5, 5.41) is 0. The number of benzene rings is 3. The number of nitrogens with zero attached hydrogens (tertiary/aromatic N) is 2. The quantitative estimate of drug-likeness (QED) is 0.218. The lowest BCUT2D eigenvalue weighted by Gasteiger charge is -2.30. The van der Waals surface area contributed by atoms with Gasteiger partial charge in [0.2, 0.25) is 0 Å². The molecule has 0 saturated heterocycles. The van der Waals surface area contributed by atoms with Gasteiger partial charge in [-0.15, -0.1) is 16.3 Å². The molecule has 3 aromatic carbocycles. The first kappa shape index (κ1) is 28.8. The summed E-state index contributed by atoms with van der Waals surface area (Å²) in [7, 11) is 0. The maximum absolute atomic E-state index is 14.5. The van der Waals surface area contributed by atoms with Gasteiger partial charge in [-0.25, -0.2) is 4.39 Å². The number of ether oxygens (including phenoxy) is 2. The molecule has 0 radical (unpaired) electrons. The smallest absolute Gasteiger partial charge is 0.484 e. The molecule has 3 aromatic rings. The van der Waals surface area contributed by atoms with Crippen molar-refractivity contribution in [3.8, 4) is 5.75 Å². The number of halogens is 1. The molecule has 4 rings (SSSR count). The normalized spacial score (nSPS) is 15.2. The molecule has 0 aromatic heterocycles. The molecule has 206 valence electrons. The van der Waals surface area contributed by atoms with Gasteiger partial charge in [0.05, 0.1) is 13.1 Å². The third-order valence-electron chi connectivity index (χ3n) is 6.51. The molecule has 0 spiro atoms. The van der Waals surface area contributed by atoms with E-state index < -0.39 is 5.60 Å². The zero-order valence-electron chi connectivity index (χ0n) is 23.4. The minimum absolute atomic E-state index is 0.244. The molecule has 0 fully saturated rings. The van der Waals surface area contributed by atoms with Crippen LogP contribution < -0.4 is 4.74 Å². The average molecular weight is 550 g/mol. The fraction of sp³-hybridized carbons (Fsp3) is 0.375. The summed E-state index contributed by atoms with van der Waals surface area (Å²) < 4.78 is 28.3. The summed E-state index contributed by atoms with van der Waals surface area (Å²) in [5.41, 5.74) is 3.05. The second-order valence-electron chi connectivity index (χ2n) is 11.0. The Labute approximate surface area is 235 Å². The molecular weight excluding hydrogens is 511 g/mol. The standard InChI is InChI=1S/C32H38FN2O3S/c1-23-11-12-26(19-29(23)33)30(21-34-17-18-35(24(2)20-34)31(36)38-32(3,4)5)37-27-13-15-28(16-14-27)39-22-25-9-7-6-8-10-25/h6-16,19,30H,17-18,20-22H2,1-5H3/q+1. The van der Waals surface area contributed by atoms with E-state index in [1.807, 2.05) is 52.0 Å². The summed E-state index contributed by atoms with van der Waals surface area (Å²) in [4.78, 5) is 16.0. The van der Waals surface area contributed by atoms with Crippen LogP contribution in [-0.4, -0.2) is 53.1 Å². The van der Waals surface area contributed by atoms with E-state index in [0.717, 1.165) is 27.7 Å². The van der Waals surface area contributed by atoms with Gasteiger partial charge in [0.25, 0.3) is 0 Å². The van der Waals surface area contributed by atoms with Gasteiger partial charge >= 0.3 is 6.09 Å². The van der Waals surface area contributed by atoms with E-state index in [2.05, 4.69) is 41.3 Å². The first-order valence-electron chi connectivity index (χ1n) is 13.3. The number of hydrogen-bond donors (Lipinski definition) is 0. The van der Waals surface area contributed by atoms with E-state index >= 15 is 0 Å². The van der Waals surface area contributed by atoms with Gasteiger partial charge in [0.1, 0.15) is 23.3 Å². The molecule has 0 saturated carbocycles. The lowest BCUT2D eigenvalue weighted by Crippen LogP contribution is -2.48. The third kappa shape index (κ3) is 8.41. The molecule has 1 atom stereocenters. The maximum Gasteiger partial charge on any atom is 0.596 e. The van der Waals surface area contributed by atoms with Gasteiger partial charge in [-0.05, 0) is 74.7 Å². The van der Waals surface area contributed by atoms with Gasteiger partial charge in [-0.1, -0.05) is 42.5 Å². The van der Waals surface area contributed by atoms with E-state index in [1.165, 1.54) is 5.56 Å². The minimum atomic E-state index is -0.543. The Balaban J connectivity index is 1.46. The molecular formula is C32H38FN2O3S+. The Bertz CT molecular complexity index is 1300. The molecule has 1 amide bonds. The Morgan fingerprint density at radius 3 is 2.41 bits per heavy atom. The van der Waals surface area contributed by atoms with Gasteiger partial charge in [0, 0.05) is 24.1 Å². The molecule has 0 bridgehead atoms. The number of carbonyl (C=O) groups is 1. The number of carbonyl (C=O) groups excluding carboxylic acids is 1. The highest BCUT2D eigenvalue weighted by atomic mass is 32.2. The second-order valence-corrected chi connectivity index (χ2v) is 12.0. The largest absolute Gasteiger partial charge is 0.596 e. The third-order valence-corrected chi connectivity index (χ3v) is 7.59. The molecule has 7 heteroatoms. The van der Waals surface area contributed by atoms with Crippen molar-refractivity contribution in [2.75, 3.05) is 26.2 Å². The van der Waals surface area contributed by atoms with Crippen LogP contribution in [0.3, 0.4) is 0 Å². The molecule has 0 N–H and O–H groups in total. The maximum atomic E-state index is 14.5. The monoisotopic (exact) mass is 549 g/mol. The van der Waals surface area contributed by atoms with Gasteiger partial charge in [-0.2, -0.15) is 4.79 Å². The topological polar surface area (TPSA) is 41.8 Å². The highest BCUT2D eigenvalue weighted by Crippen LogP contribution is 2.29. The number of thioether (sulfide) groups is 1. The molecule has 1 aliphatic rings. The lowest BCUT2D eigenvalue weighted by atomic mass is 10.1. The Kier molecular flexibility index (Phi) is 9.46. The van der Waals surface area contributed by atoms with Crippen molar-refractivity contribution in [1.82, 2.24) is 4.90 Å². The van der Waals surface area contributed by atoms with Gasteiger partial charge < -0.3 is 9.47 Å². The van der Waals surface area contributed by atoms with Crippen LogP contribution in [0.15, 0.2) is 77.7 Å². The number of rotatable bonds is 8. The molecule has 1 aliphatic heterocycles. The molecule has 5 nitrogen and oxygen atoms in total. The first-order chi connectivity index (χ1) is 18.6. The van der Waals surface area contributed by atoms with Crippen LogP contribution in [-0.2, 0) is 10.5 Å². The molecule has 39 heavy (non-hydrogen) atoms. The predicted molar refractivity (Wildman–Crippen MR) is 155 cm³/mol. The summed E-state index contributed by atoms with van der Waals surface area (Å²) in [6, 6.07) is 23.8. The van der Waals surface area contributed by atoms with Crippen LogP contribution in [0, 0.1) is 12.7 Å². The minimum Gasteiger partial charge on any atom is -0.484 e. The Hall–Kier alpha value is -3.16. The van der Waals surface area contributed by atoms with Gasteiger partial charge in [-0.3, -0.25) is 4.90 Å². The van der Waals surface area contributed by atoms with Gasteiger partial charge in [0.15, 0.2) is 12.3 Å². The van der Waals surface area contributed by atoms with E-state index in [4.69, 9.17) is 9.47 Å². The summed E-state index contributed by atoms with van der Waals surface area (Å²) >= 11 is 1.78. The van der Waals surface area contributed by atoms with Crippen LogP contribution in [0.4, 0.5) is 9.18 Å². The highest BCUT2D eigenvalue weighted by Gasteiger charge is 2.33. The van der Waals surface area contributed by atoms with Crippen LogP contribution in [0.5, 0.6) is 5.75 Å². The van der Waals surface area contributed by atoms with E-state index in [1.54, 1.807) is 35.4 Å². The van der Waals surface area contributed by atoms with Crippen LogP contribution in [0.1, 0.15) is 50.5 Å². The van der Waals surface area contributed by atoms with Crippen molar-refractivity contribution in [2.45, 2.75) is 57.0 Å². The fourth-order valence-corrected chi connectivity index (χ4v) is 5.27. The van der Waals surface area contributed by atoms with Crippen molar-refractivity contribution < 1.29 is 23.2 Å². The summed E-state index contributed by atoms with van der Waals surface area (Å²) in [5.74, 6) is 1.39. The van der Waals surface area contributed by atoms with Crippen LogP contribution in [0.2, 0.25) is 0 Å². The first-order valence-corrected chi connectivity index (χ1v) is 14.3.